The average Bonchev–Trinajstić information content (AvgIpc) is 2.72. The minimum absolute atomic E-state index is 0.0353. The summed E-state index contributed by atoms with van der Waals surface area (Å²) in [6, 6.07) is 9.88. The zero-order valence-corrected chi connectivity index (χ0v) is 17.5. The summed E-state index contributed by atoms with van der Waals surface area (Å²) < 4.78 is 16.7. The minimum atomic E-state index is -0.466. The maximum atomic E-state index is 12.9. The molecule has 2 aliphatic rings. The van der Waals surface area contributed by atoms with Gasteiger partial charge in [0.25, 0.3) is 0 Å². The molecule has 2 unspecified atom stereocenters. The number of benzene rings is 1. The van der Waals surface area contributed by atoms with Gasteiger partial charge in [0.1, 0.15) is 12.4 Å². The van der Waals surface area contributed by atoms with E-state index in [1.54, 1.807) is 0 Å². The molecule has 1 aromatic carbocycles. The third-order valence-corrected chi connectivity index (χ3v) is 5.92. The van der Waals surface area contributed by atoms with Gasteiger partial charge >= 0.3 is 6.09 Å². The molecular weight excluding hydrogens is 370 g/mol. The van der Waals surface area contributed by atoms with Crippen LogP contribution in [0.2, 0.25) is 0 Å². The van der Waals surface area contributed by atoms with Gasteiger partial charge in [-0.1, -0.05) is 30.3 Å². The number of nitrogens with zero attached hydrogens (tertiary/aromatic N) is 1. The van der Waals surface area contributed by atoms with Crippen LogP contribution in [0.25, 0.3) is 0 Å². The molecule has 160 valence electrons. The first-order valence-corrected chi connectivity index (χ1v) is 10.9. The maximum absolute atomic E-state index is 12.9. The van der Waals surface area contributed by atoms with Gasteiger partial charge in [0.2, 0.25) is 0 Å². The van der Waals surface area contributed by atoms with Gasteiger partial charge in [-0.25, -0.2) is 4.79 Å². The molecule has 2 bridgehead atoms. The van der Waals surface area contributed by atoms with Gasteiger partial charge in [-0.3, -0.25) is 4.79 Å². The van der Waals surface area contributed by atoms with E-state index in [1.807, 2.05) is 49.1 Å². The highest BCUT2D eigenvalue weighted by molar-refractivity contribution is 5.82. The normalized spacial score (nSPS) is 23.8. The molecule has 2 heterocycles. The zero-order valence-electron chi connectivity index (χ0n) is 17.5. The molecule has 3 rings (SSSR count). The largest absolute Gasteiger partial charge is 0.445 e. The molecule has 2 aliphatic heterocycles. The Balaban J connectivity index is 1.57. The molecule has 6 nitrogen and oxygen atoms in total. The lowest BCUT2D eigenvalue weighted by molar-refractivity contribution is -0.156. The van der Waals surface area contributed by atoms with E-state index >= 15 is 0 Å². The minimum Gasteiger partial charge on any atom is -0.445 e. The van der Waals surface area contributed by atoms with E-state index in [4.69, 9.17) is 14.2 Å². The molecular formula is C23H33NO5. The standard InChI is InChI=1S/C23H33NO5/c1-3-27-22(28-4-2)15-21(25)18-13-19-11-8-12-20(14-18)24(19)23(26)29-16-17-9-6-5-7-10-17/h5-7,9-10,18-20,22H,3-4,8,11-16H2,1-2H3. The number of carbonyl (C=O) groups excluding carboxylic acids is 2. The summed E-state index contributed by atoms with van der Waals surface area (Å²) in [4.78, 5) is 27.6. The van der Waals surface area contributed by atoms with Gasteiger partial charge in [-0.15, -0.1) is 0 Å². The Morgan fingerprint density at radius 1 is 1.03 bits per heavy atom. The van der Waals surface area contributed by atoms with Crippen molar-refractivity contribution in [3.8, 4) is 0 Å². The van der Waals surface area contributed by atoms with Crippen molar-refractivity contribution in [1.82, 2.24) is 4.90 Å². The van der Waals surface area contributed by atoms with Gasteiger partial charge in [0.05, 0.1) is 6.42 Å². The summed E-state index contributed by atoms with van der Waals surface area (Å²) in [6.07, 6.45) is 3.94. The smallest absolute Gasteiger partial charge is 0.410 e. The molecule has 1 amide bonds. The van der Waals surface area contributed by atoms with Crippen LogP contribution < -0.4 is 0 Å². The Bertz CT molecular complexity index is 644. The SMILES string of the molecule is CCOC(CC(=O)C1CC2CCCC(C1)N2C(=O)OCc1ccccc1)OCC. The van der Waals surface area contributed by atoms with Crippen LogP contribution in [0.4, 0.5) is 4.79 Å². The Morgan fingerprint density at radius 3 is 2.24 bits per heavy atom. The molecule has 2 atom stereocenters. The topological polar surface area (TPSA) is 65.1 Å². The van der Waals surface area contributed by atoms with E-state index in [2.05, 4.69) is 0 Å². The zero-order chi connectivity index (χ0) is 20.6. The van der Waals surface area contributed by atoms with Crippen LogP contribution in [-0.2, 0) is 25.6 Å². The molecule has 0 saturated carbocycles. The van der Waals surface area contributed by atoms with Gasteiger partial charge in [-0.05, 0) is 51.5 Å². The fourth-order valence-corrected chi connectivity index (χ4v) is 4.60. The Kier molecular flexibility index (Phi) is 8.07. The summed E-state index contributed by atoms with van der Waals surface area (Å²) in [6.45, 7) is 5.13. The third kappa shape index (κ3) is 5.80. The van der Waals surface area contributed by atoms with E-state index in [1.165, 1.54) is 0 Å². The first-order valence-electron chi connectivity index (χ1n) is 10.9. The predicted molar refractivity (Wildman–Crippen MR) is 109 cm³/mol. The van der Waals surface area contributed by atoms with Crippen molar-refractivity contribution < 1.29 is 23.8 Å². The molecule has 2 saturated heterocycles. The molecule has 0 spiro atoms. The number of ether oxygens (including phenoxy) is 3. The van der Waals surface area contributed by atoms with Gasteiger partial charge in [-0.2, -0.15) is 0 Å². The van der Waals surface area contributed by atoms with Crippen LogP contribution >= 0.6 is 0 Å². The highest BCUT2D eigenvalue weighted by Crippen LogP contribution is 2.38. The summed E-state index contributed by atoms with van der Waals surface area (Å²) in [5.74, 6) is 0.151. The van der Waals surface area contributed by atoms with E-state index < -0.39 is 6.29 Å². The summed E-state index contributed by atoms with van der Waals surface area (Å²) in [5.41, 5.74) is 0.981. The van der Waals surface area contributed by atoms with E-state index in [0.717, 1.165) is 24.8 Å². The van der Waals surface area contributed by atoms with Crippen LogP contribution in [0.15, 0.2) is 30.3 Å². The molecule has 0 radical (unpaired) electrons. The first-order chi connectivity index (χ1) is 14.1. The lowest BCUT2D eigenvalue weighted by Crippen LogP contribution is -2.55. The Labute approximate surface area is 173 Å². The van der Waals surface area contributed by atoms with Crippen LogP contribution in [0, 0.1) is 5.92 Å². The van der Waals surface area contributed by atoms with Gasteiger partial charge in [0, 0.05) is 31.2 Å². The van der Waals surface area contributed by atoms with Crippen molar-refractivity contribution in [2.24, 2.45) is 5.92 Å². The summed E-state index contributed by atoms with van der Waals surface area (Å²) >= 11 is 0. The lowest BCUT2D eigenvalue weighted by atomic mass is 9.76. The fourth-order valence-electron chi connectivity index (χ4n) is 4.60. The van der Waals surface area contributed by atoms with Crippen molar-refractivity contribution in [2.45, 2.75) is 77.4 Å². The molecule has 0 aromatic heterocycles. The quantitative estimate of drug-likeness (QED) is 0.575. The highest BCUT2D eigenvalue weighted by atomic mass is 16.7. The molecule has 2 fully saturated rings. The van der Waals surface area contributed by atoms with E-state index in [-0.39, 0.29) is 42.9 Å². The van der Waals surface area contributed by atoms with Gasteiger partial charge < -0.3 is 19.1 Å². The fraction of sp³-hybridized carbons (Fsp3) is 0.652. The molecule has 0 aliphatic carbocycles. The second kappa shape index (κ2) is 10.7. The number of amides is 1. The second-order valence-corrected chi connectivity index (χ2v) is 7.87. The van der Waals surface area contributed by atoms with Crippen LogP contribution in [0.1, 0.15) is 57.9 Å². The molecule has 0 N–H and O–H groups in total. The van der Waals surface area contributed by atoms with Crippen molar-refractivity contribution in [3.05, 3.63) is 35.9 Å². The monoisotopic (exact) mass is 403 g/mol. The molecule has 6 heteroatoms. The summed E-state index contributed by atoms with van der Waals surface area (Å²) in [7, 11) is 0. The number of carbonyl (C=O) groups is 2. The summed E-state index contributed by atoms with van der Waals surface area (Å²) in [5, 5.41) is 0. The van der Waals surface area contributed by atoms with Crippen LogP contribution in [0.3, 0.4) is 0 Å². The average molecular weight is 404 g/mol. The van der Waals surface area contributed by atoms with Crippen LogP contribution in [0.5, 0.6) is 0 Å². The number of hydrogen-bond acceptors (Lipinski definition) is 5. The van der Waals surface area contributed by atoms with Crippen LogP contribution in [-0.4, -0.2) is 48.4 Å². The van der Waals surface area contributed by atoms with E-state index in [0.29, 0.717) is 26.1 Å². The van der Waals surface area contributed by atoms with E-state index in [9.17, 15) is 9.59 Å². The lowest BCUT2D eigenvalue weighted by Gasteiger charge is -2.47. The number of Topliss-reactive ketones (excluding diaryl/α,β-unsaturated/α-hetero) is 1. The highest BCUT2D eigenvalue weighted by Gasteiger charge is 2.43. The molecule has 1 aromatic rings. The molecule has 29 heavy (non-hydrogen) atoms. The van der Waals surface area contributed by atoms with Crippen molar-refractivity contribution >= 4 is 11.9 Å². The third-order valence-electron chi connectivity index (χ3n) is 5.92. The van der Waals surface area contributed by atoms with Crippen molar-refractivity contribution in [2.75, 3.05) is 13.2 Å². The number of ketones is 1. The first kappa shape index (κ1) is 21.8. The number of fused-ring (bicyclic) bond motifs is 2. The second-order valence-electron chi connectivity index (χ2n) is 7.87. The Hall–Kier alpha value is -1.92. The van der Waals surface area contributed by atoms with Gasteiger partial charge in [0.15, 0.2) is 6.29 Å². The van der Waals surface area contributed by atoms with Crippen molar-refractivity contribution in [1.29, 1.82) is 0 Å². The maximum Gasteiger partial charge on any atom is 0.410 e. The number of piperidine rings is 2. The van der Waals surface area contributed by atoms with Crippen molar-refractivity contribution in [3.63, 3.8) is 0 Å². The predicted octanol–water partition coefficient (Wildman–Crippen LogP) is 4.31. The number of hydrogen-bond donors (Lipinski definition) is 0. The Morgan fingerprint density at radius 2 is 1.66 bits per heavy atom. The number of rotatable bonds is 9.